The van der Waals surface area contributed by atoms with Crippen LogP contribution < -0.4 is 10.6 Å². The third-order valence-electron chi connectivity index (χ3n) is 3.56. The summed E-state index contributed by atoms with van der Waals surface area (Å²) in [5.41, 5.74) is -0.318. The van der Waals surface area contributed by atoms with Gasteiger partial charge in [0.05, 0.1) is 23.7 Å². The van der Waals surface area contributed by atoms with E-state index in [0.717, 1.165) is 0 Å². The molecule has 1 amide bonds. The van der Waals surface area contributed by atoms with Crippen molar-refractivity contribution in [2.75, 3.05) is 23.4 Å². The van der Waals surface area contributed by atoms with E-state index < -0.39 is 27.0 Å². The molecule has 23 heavy (non-hydrogen) atoms. The number of anilines is 1. The van der Waals surface area contributed by atoms with Crippen LogP contribution >= 0.6 is 11.8 Å². The summed E-state index contributed by atoms with van der Waals surface area (Å²) in [5, 5.41) is 5.52. The molecule has 1 unspecified atom stereocenters. The molecular formula is C14H18F2N2O3S2. The SMILES string of the molecule is CC1(NCC(=O)Nc2ccccc2SC(F)F)CCS(=O)(=O)C1. The van der Waals surface area contributed by atoms with Gasteiger partial charge in [-0.1, -0.05) is 23.9 Å². The second kappa shape index (κ2) is 7.14. The lowest BCUT2D eigenvalue weighted by atomic mass is 10.0. The van der Waals surface area contributed by atoms with Gasteiger partial charge in [-0.3, -0.25) is 4.79 Å². The van der Waals surface area contributed by atoms with Crippen molar-refractivity contribution in [2.24, 2.45) is 0 Å². The van der Waals surface area contributed by atoms with Gasteiger partial charge in [0.1, 0.15) is 0 Å². The number of sulfone groups is 1. The zero-order valence-corrected chi connectivity index (χ0v) is 14.1. The topological polar surface area (TPSA) is 75.3 Å². The predicted molar refractivity (Wildman–Crippen MR) is 86.6 cm³/mol. The lowest BCUT2D eigenvalue weighted by molar-refractivity contribution is -0.115. The van der Waals surface area contributed by atoms with Gasteiger partial charge in [-0.25, -0.2) is 8.42 Å². The summed E-state index contributed by atoms with van der Waals surface area (Å²) in [5.74, 6) is -2.89. The van der Waals surface area contributed by atoms with Crippen LogP contribution in [-0.4, -0.2) is 43.7 Å². The molecule has 128 valence electrons. The van der Waals surface area contributed by atoms with Crippen molar-refractivity contribution in [3.8, 4) is 0 Å². The molecule has 0 aliphatic carbocycles. The van der Waals surface area contributed by atoms with Crippen LogP contribution in [0.25, 0.3) is 0 Å². The molecule has 5 nitrogen and oxygen atoms in total. The zero-order chi connectivity index (χ0) is 17.1. The van der Waals surface area contributed by atoms with Gasteiger partial charge in [0.25, 0.3) is 5.76 Å². The number of carbonyl (C=O) groups is 1. The maximum atomic E-state index is 12.5. The van der Waals surface area contributed by atoms with E-state index in [9.17, 15) is 22.0 Å². The number of amides is 1. The van der Waals surface area contributed by atoms with Crippen LogP contribution in [0, 0.1) is 0 Å². The highest BCUT2D eigenvalue weighted by Gasteiger charge is 2.38. The van der Waals surface area contributed by atoms with E-state index in [1.54, 1.807) is 25.1 Å². The molecule has 2 rings (SSSR count). The number of nitrogens with one attached hydrogen (secondary N) is 2. The number of benzene rings is 1. The van der Waals surface area contributed by atoms with Gasteiger partial charge in [0.2, 0.25) is 5.91 Å². The Balaban J connectivity index is 1.93. The van der Waals surface area contributed by atoms with Gasteiger partial charge >= 0.3 is 0 Å². The highest BCUT2D eigenvalue weighted by atomic mass is 32.2. The first kappa shape index (κ1) is 18.2. The van der Waals surface area contributed by atoms with Crippen molar-refractivity contribution in [3.05, 3.63) is 24.3 Å². The molecule has 1 saturated heterocycles. The second-order valence-electron chi connectivity index (χ2n) is 5.68. The van der Waals surface area contributed by atoms with E-state index in [2.05, 4.69) is 10.6 Å². The summed E-state index contributed by atoms with van der Waals surface area (Å²) >= 11 is 0.362. The minimum absolute atomic E-state index is 0.00883. The average Bonchev–Trinajstić information content (AvgIpc) is 2.73. The molecule has 0 bridgehead atoms. The first-order valence-corrected chi connectivity index (χ1v) is 9.68. The number of para-hydroxylation sites is 1. The molecule has 1 aromatic rings. The predicted octanol–water partition coefficient (Wildman–Crippen LogP) is 2.11. The number of hydrogen-bond acceptors (Lipinski definition) is 5. The van der Waals surface area contributed by atoms with Crippen LogP contribution in [0.15, 0.2) is 29.2 Å². The van der Waals surface area contributed by atoms with Crippen molar-refractivity contribution >= 4 is 33.2 Å². The van der Waals surface area contributed by atoms with Crippen LogP contribution in [0.4, 0.5) is 14.5 Å². The molecule has 9 heteroatoms. The lowest BCUT2D eigenvalue weighted by Crippen LogP contribution is -2.46. The first-order chi connectivity index (χ1) is 10.7. The fraction of sp³-hybridized carbons (Fsp3) is 0.500. The minimum atomic E-state index is -3.06. The van der Waals surface area contributed by atoms with Gasteiger partial charge in [-0.2, -0.15) is 8.78 Å². The Morgan fingerprint density at radius 2 is 2.09 bits per heavy atom. The Morgan fingerprint density at radius 3 is 2.70 bits per heavy atom. The Kier molecular flexibility index (Phi) is 5.64. The highest BCUT2D eigenvalue weighted by molar-refractivity contribution is 7.99. The molecule has 1 atom stereocenters. The Morgan fingerprint density at radius 1 is 1.39 bits per heavy atom. The molecule has 1 aromatic carbocycles. The monoisotopic (exact) mass is 364 g/mol. The van der Waals surface area contributed by atoms with Crippen molar-refractivity contribution in [1.29, 1.82) is 0 Å². The largest absolute Gasteiger partial charge is 0.324 e. The molecule has 0 spiro atoms. The van der Waals surface area contributed by atoms with E-state index in [4.69, 9.17) is 0 Å². The number of hydrogen-bond donors (Lipinski definition) is 2. The van der Waals surface area contributed by atoms with Crippen LogP contribution in [0.3, 0.4) is 0 Å². The van der Waals surface area contributed by atoms with E-state index in [1.165, 1.54) is 6.07 Å². The van der Waals surface area contributed by atoms with Crippen molar-refractivity contribution in [3.63, 3.8) is 0 Å². The molecule has 0 aromatic heterocycles. The molecule has 0 saturated carbocycles. The Labute approximate surface area is 138 Å². The van der Waals surface area contributed by atoms with Gasteiger partial charge in [0, 0.05) is 10.4 Å². The number of thioether (sulfide) groups is 1. The molecular weight excluding hydrogens is 346 g/mol. The molecule has 1 aliphatic heterocycles. The third-order valence-corrected chi connectivity index (χ3v) is 6.25. The average molecular weight is 364 g/mol. The quantitative estimate of drug-likeness (QED) is 0.756. The zero-order valence-electron chi connectivity index (χ0n) is 12.5. The van der Waals surface area contributed by atoms with Crippen molar-refractivity contribution < 1.29 is 22.0 Å². The Hall–Kier alpha value is -1.19. The summed E-state index contributed by atoms with van der Waals surface area (Å²) in [6.45, 7) is 1.67. The number of carbonyl (C=O) groups excluding carboxylic acids is 1. The molecule has 1 fully saturated rings. The van der Waals surface area contributed by atoms with Crippen LogP contribution in [-0.2, 0) is 14.6 Å². The fourth-order valence-corrected chi connectivity index (χ4v) is 5.12. The van der Waals surface area contributed by atoms with Crippen molar-refractivity contribution in [1.82, 2.24) is 5.32 Å². The van der Waals surface area contributed by atoms with E-state index in [1.807, 2.05) is 0 Å². The minimum Gasteiger partial charge on any atom is -0.324 e. The van der Waals surface area contributed by atoms with Crippen LogP contribution in [0.2, 0.25) is 0 Å². The van der Waals surface area contributed by atoms with E-state index >= 15 is 0 Å². The molecule has 1 aliphatic rings. The summed E-state index contributed by atoms with van der Waals surface area (Å²) in [4.78, 5) is 12.3. The fourth-order valence-electron chi connectivity index (χ4n) is 2.41. The number of rotatable bonds is 6. The lowest BCUT2D eigenvalue weighted by Gasteiger charge is -2.23. The molecule has 1 heterocycles. The van der Waals surface area contributed by atoms with Crippen LogP contribution in [0.1, 0.15) is 13.3 Å². The Bertz CT molecular complexity index is 682. The second-order valence-corrected chi connectivity index (χ2v) is 8.90. The summed E-state index contributed by atoms with van der Waals surface area (Å²) in [7, 11) is -3.06. The molecule has 2 N–H and O–H groups in total. The van der Waals surface area contributed by atoms with Gasteiger partial charge in [-0.05, 0) is 25.5 Å². The summed E-state index contributed by atoms with van der Waals surface area (Å²) in [6.07, 6.45) is 0.445. The first-order valence-electron chi connectivity index (χ1n) is 6.98. The number of halogens is 2. The van der Waals surface area contributed by atoms with E-state index in [-0.39, 0.29) is 22.9 Å². The summed E-state index contributed by atoms with van der Waals surface area (Å²) < 4.78 is 48.0. The summed E-state index contributed by atoms with van der Waals surface area (Å²) in [6, 6.07) is 6.31. The van der Waals surface area contributed by atoms with Gasteiger partial charge in [0.15, 0.2) is 9.84 Å². The maximum absolute atomic E-state index is 12.5. The maximum Gasteiger partial charge on any atom is 0.288 e. The van der Waals surface area contributed by atoms with Gasteiger partial charge in [-0.15, -0.1) is 0 Å². The van der Waals surface area contributed by atoms with Crippen LogP contribution in [0.5, 0.6) is 0 Å². The highest BCUT2D eigenvalue weighted by Crippen LogP contribution is 2.31. The number of alkyl halides is 2. The van der Waals surface area contributed by atoms with Crippen molar-refractivity contribution in [2.45, 2.75) is 29.5 Å². The van der Waals surface area contributed by atoms with E-state index in [0.29, 0.717) is 23.9 Å². The smallest absolute Gasteiger partial charge is 0.288 e. The van der Waals surface area contributed by atoms with Gasteiger partial charge < -0.3 is 10.6 Å². The molecule has 0 radical (unpaired) electrons. The normalized spacial score (nSPS) is 23.1. The standard InChI is InChI=1S/C14H18F2N2O3S2/c1-14(6-7-23(20,21)9-14)17-8-12(19)18-10-4-2-3-5-11(10)22-13(15)16/h2-5,13,17H,6-9H2,1H3,(H,18,19). The third kappa shape index (κ3) is 5.43.